The van der Waals surface area contributed by atoms with Crippen molar-refractivity contribution in [2.75, 3.05) is 25.0 Å². The van der Waals surface area contributed by atoms with Gasteiger partial charge in [0.2, 0.25) is 5.88 Å². The van der Waals surface area contributed by atoms with Crippen molar-refractivity contribution in [1.82, 2.24) is 10.3 Å². The Hall–Kier alpha value is -3.38. The highest BCUT2D eigenvalue weighted by Gasteiger charge is 2.19. The number of nitrogens with zero attached hydrogens (tertiary/aromatic N) is 1. The van der Waals surface area contributed by atoms with Crippen molar-refractivity contribution in [3.8, 4) is 5.88 Å². The standard InChI is InChI=1S/C19H23N3O3.C6H6/c1-13(15-5-2-4-14(8-15)9-18(23)24)10-20-11-16-12-22-17-6-3-7-21-19(17)25-16;1-2-4-6-5-3-1/h2-8,13,16,20,22H,9-12H2,1H3,(H,23,24);1-6H. The van der Waals surface area contributed by atoms with Gasteiger partial charge in [-0.1, -0.05) is 67.6 Å². The molecule has 2 aromatic carbocycles. The van der Waals surface area contributed by atoms with Gasteiger partial charge in [0.15, 0.2) is 0 Å². The summed E-state index contributed by atoms with van der Waals surface area (Å²) < 4.78 is 5.88. The number of pyridine rings is 1. The highest BCUT2D eigenvalue weighted by atomic mass is 16.5. The number of fused-ring (bicyclic) bond motifs is 1. The van der Waals surface area contributed by atoms with Gasteiger partial charge in [0.25, 0.3) is 0 Å². The molecule has 2 unspecified atom stereocenters. The maximum Gasteiger partial charge on any atom is 0.307 e. The van der Waals surface area contributed by atoms with Gasteiger partial charge < -0.3 is 20.5 Å². The third-order valence-electron chi connectivity index (χ3n) is 4.93. The molecule has 0 fully saturated rings. The van der Waals surface area contributed by atoms with E-state index in [0.717, 1.165) is 36.4 Å². The monoisotopic (exact) mass is 419 g/mol. The Kier molecular flexibility index (Phi) is 8.43. The predicted molar refractivity (Wildman–Crippen MR) is 123 cm³/mol. The minimum atomic E-state index is -0.807. The Balaban J connectivity index is 0.000000391. The van der Waals surface area contributed by atoms with E-state index in [-0.39, 0.29) is 18.4 Å². The van der Waals surface area contributed by atoms with Gasteiger partial charge in [0, 0.05) is 19.3 Å². The van der Waals surface area contributed by atoms with Gasteiger partial charge in [-0.25, -0.2) is 4.98 Å². The molecule has 162 valence electrons. The zero-order valence-electron chi connectivity index (χ0n) is 17.7. The molecule has 6 nitrogen and oxygen atoms in total. The number of carboxylic acid groups (broad SMARTS) is 1. The van der Waals surface area contributed by atoms with Gasteiger partial charge in [0.05, 0.1) is 18.7 Å². The molecule has 1 aromatic heterocycles. The SMILES string of the molecule is CC(CNCC1CNc2cccnc2O1)c1cccc(CC(=O)O)c1.c1ccccc1. The Morgan fingerprint density at radius 2 is 1.90 bits per heavy atom. The van der Waals surface area contributed by atoms with Crippen LogP contribution in [0, 0.1) is 0 Å². The summed E-state index contributed by atoms with van der Waals surface area (Å²) in [6.07, 6.45) is 1.82. The number of ether oxygens (including phenoxy) is 1. The molecule has 0 bridgehead atoms. The quantitative estimate of drug-likeness (QED) is 0.538. The van der Waals surface area contributed by atoms with Crippen molar-refractivity contribution < 1.29 is 14.6 Å². The molecule has 0 aliphatic carbocycles. The molecule has 0 spiro atoms. The highest BCUT2D eigenvalue weighted by Crippen LogP contribution is 2.25. The fourth-order valence-electron chi connectivity index (χ4n) is 3.30. The highest BCUT2D eigenvalue weighted by molar-refractivity contribution is 5.70. The van der Waals surface area contributed by atoms with E-state index in [1.807, 2.05) is 72.8 Å². The van der Waals surface area contributed by atoms with E-state index in [0.29, 0.717) is 5.88 Å². The summed E-state index contributed by atoms with van der Waals surface area (Å²) in [5.74, 6) is 0.129. The van der Waals surface area contributed by atoms with Crippen LogP contribution < -0.4 is 15.4 Å². The van der Waals surface area contributed by atoms with Gasteiger partial charge in [0.1, 0.15) is 6.10 Å². The molecular formula is C25H29N3O3. The first-order chi connectivity index (χ1) is 15.1. The van der Waals surface area contributed by atoms with Gasteiger partial charge >= 0.3 is 5.97 Å². The second-order valence-corrected chi connectivity index (χ2v) is 7.51. The molecule has 0 amide bonds. The molecule has 1 aliphatic heterocycles. The lowest BCUT2D eigenvalue weighted by atomic mass is 9.98. The first-order valence-corrected chi connectivity index (χ1v) is 10.5. The smallest absolute Gasteiger partial charge is 0.307 e. The minimum absolute atomic E-state index is 0.0351. The van der Waals surface area contributed by atoms with Crippen molar-refractivity contribution in [3.63, 3.8) is 0 Å². The number of nitrogens with one attached hydrogen (secondary N) is 2. The van der Waals surface area contributed by atoms with Crippen LogP contribution in [0.25, 0.3) is 0 Å². The first kappa shape index (κ1) is 22.3. The Bertz CT molecular complexity index is 923. The summed E-state index contributed by atoms with van der Waals surface area (Å²) in [6.45, 7) is 4.39. The largest absolute Gasteiger partial charge is 0.481 e. The van der Waals surface area contributed by atoms with Crippen LogP contribution in [-0.2, 0) is 11.2 Å². The zero-order valence-corrected chi connectivity index (χ0v) is 17.7. The van der Waals surface area contributed by atoms with Crippen LogP contribution >= 0.6 is 0 Å². The van der Waals surface area contributed by atoms with Gasteiger partial charge in [-0.05, 0) is 29.2 Å². The summed E-state index contributed by atoms with van der Waals surface area (Å²) >= 11 is 0. The molecule has 0 saturated carbocycles. The number of hydrogen-bond donors (Lipinski definition) is 3. The van der Waals surface area contributed by atoms with Gasteiger partial charge in [-0.15, -0.1) is 0 Å². The lowest BCUT2D eigenvalue weighted by Gasteiger charge is -2.27. The average molecular weight is 420 g/mol. The van der Waals surface area contributed by atoms with Crippen LogP contribution in [0.4, 0.5) is 5.69 Å². The van der Waals surface area contributed by atoms with Crippen molar-refractivity contribution >= 4 is 11.7 Å². The number of carboxylic acids is 1. The number of rotatable bonds is 7. The van der Waals surface area contributed by atoms with Crippen LogP contribution in [0.5, 0.6) is 5.88 Å². The average Bonchev–Trinajstić information content (AvgIpc) is 2.80. The number of benzene rings is 2. The van der Waals surface area contributed by atoms with Crippen LogP contribution in [0.2, 0.25) is 0 Å². The fraction of sp³-hybridized carbons (Fsp3) is 0.280. The molecular weight excluding hydrogens is 390 g/mol. The molecule has 3 aromatic rings. The molecule has 31 heavy (non-hydrogen) atoms. The van der Waals surface area contributed by atoms with Gasteiger partial charge in [-0.2, -0.15) is 0 Å². The van der Waals surface area contributed by atoms with E-state index < -0.39 is 5.97 Å². The third kappa shape index (κ3) is 7.42. The Morgan fingerprint density at radius 1 is 1.16 bits per heavy atom. The maximum absolute atomic E-state index is 10.8. The van der Waals surface area contributed by atoms with Gasteiger partial charge in [-0.3, -0.25) is 4.79 Å². The van der Waals surface area contributed by atoms with Crippen molar-refractivity contribution in [1.29, 1.82) is 0 Å². The lowest BCUT2D eigenvalue weighted by Crippen LogP contribution is -2.40. The molecule has 0 saturated heterocycles. The van der Waals surface area contributed by atoms with E-state index in [1.165, 1.54) is 0 Å². The molecule has 2 atom stereocenters. The molecule has 0 radical (unpaired) electrons. The van der Waals surface area contributed by atoms with Crippen LogP contribution in [-0.4, -0.2) is 41.8 Å². The number of aromatic nitrogens is 1. The molecule has 3 N–H and O–H groups in total. The summed E-state index contributed by atoms with van der Waals surface area (Å²) in [5.41, 5.74) is 2.91. The van der Waals surface area contributed by atoms with E-state index in [2.05, 4.69) is 22.5 Å². The molecule has 1 aliphatic rings. The second-order valence-electron chi connectivity index (χ2n) is 7.51. The number of anilines is 1. The summed E-state index contributed by atoms with van der Waals surface area (Å²) in [7, 11) is 0. The van der Waals surface area contributed by atoms with E-state index in [4.69, 9.17) is 9.84 Å². The van der Waals surface area contributed by atoms with Crippen LogP contribution in [0.15, 0.2) is 79.0 Å². The van der Waals surface area contributed by atoms with E-state index in [9.17, 15) is 4.79 Å². The lowest BCUT2D eigenvalue weighted by molar-refractivity contribution is -0.136. The molecule has 2 heterocycles. The minimum Gasteiger partial charge on any atom is -0.481 e. The van der Waals surface area contributed by atoms with E-state index in [1.54, 1.807) is 6.20 Å². The topological polar surface area (TPSA) is 83.5 Å². The summed E-state index contributed by atoms with van der Waals surface area (Å²) in [6, 6.07) is 23.6. The summed E-state index contributed by atoms with van der Waals surface area (Å²) in [4.78, 5) is 15.1. The normalized spacial score (nSPS) is 15.3. The van der Waals surface area contributed by atoms with E-state index >= 15 is 0 Å². The molecule has 4 rings (SSSR count). The maximum atomic E-state index is 10.8. The van der Waals surface area contributed by atoms with Crippen molar-refractivity contribution in [2.24, 2.45) is 0 Å². The fourth-order valence-corrected chi connectivity index (χ4v) is 3.30. The zero-order chi connectivity index (χ0) is 21.9. The van der Waals surface area contributed by atoms with Crippen molar-refractivity contribution in [2.45, 2.75) is 25.4 Å². The number of carbonyl (C=O) groups is 1. The first-order valence-electron chi connectivity index (χ1n) is 10.5. The molecule has 6 heteroatoms. The predicted octanol–water partition coefficient (Wildman–Crippen LogP) is 3.96. The van der Waals surface area contributed by atoms with Crippen molar-refractivity contribution in [3.05, 3.63) is 90.1 Å². The second kappa shape index (κ2) is 11.7. The Morgan fingerprint density at radius 3 is 2.61 bits per heavy atom. The Labute approximate surface area is 183 Å². The third-order valence-corrected chi connectivity index (χ3v) is 4.93. The van der Waals surface area contributed by atoms with Crippen LogP contribution in [0.1, 0.15) is 24.0 Å². The van der Waals surface area contributed by atoms with Crippen LogP contribution in [0.3, 0.4) is 0 Å². The number of aliphatic carboxylic acids is 1. The summed E-state index contributed by atoms with van der Waals surface area (Å²) in [5, 5.41) is 15.7. The number of hydrogen-bond acceptors (Lipinski definition) is 5.